The zero-order chi connectivity index (χ0) is 12.0. The van der Waals surface area contributed by atoms with E-state index in [0.717, 1.165) is 23.7 Å². The van der Waals surface area contributed by atoms with Crippen molar-refractivity contribution in [3.8, 4) is 0 Å². The number of hydrogen-bond donors (Lipinski definition) is 1. The highest BCUT2D eigenvalue weighted by atomic mass is 16.7. The third-order valence-corrected chi connectivity index (χ3v) is 5.71. The SMILES string of the molecule is COC(CN)(OC)C1C2CC3CC(C2)CC1C3. The predicted octanol–water partition coefficient (Wildman–Crippen LogP) is 2.01. The molecule has 0 aromatic carbocycles. The molecule has 0 aliphatic heterocycles. The molecule has 17 heavy (non-hydrogen) atoms. The fraction of sp³-hybridized carbons (Fsp3) is 1.00. The summed E-state index contributed by atoms with van der Waals surface area (Å²) in [6.07, 6.45) is 7.01. The van der Waals surface area contributed by atoms with Gasteiger partial charge in [0.25, 0.3) is 0 Å². The summed E-state index contributed by atoms with van der Waals surface area (Å²) in [5.74, 6) is 3.54. The maximum Gasteiger partial charge on any atom is 0.183 e. The van der Waals surface area contributed by atoms with Crippen LogP contribution in [0.1, 0.15) is 32.1 Å². The van der Waals surface area contributed by atoms with Gasteiger partial charge in [0, 0.05) is 26.7 Å². The molecule has 3 nitrogen and oxygen atoms in total. The second-order valence-electron chi connectivity index (χ2n) is 6.38. The fourth-order valence-corrected chi connectivity index (χ4v) is 5.30. The topological polar surface area (TPSA) is 44.5 Å². The first-order valence-electron chi connectivity index (χ1n) is 7.02. The average Bonchev–Trinajstić information content (AvgIpc) is 2.33. The van der Waals surface area contributed by atoms with Gasteiger partial charge < -0.3 is 15.2 Å². The fourth-order valence-electron chi connectivity index (χ4n) is 5.30. The van der Waals surface area contributed by atoms with Crippen molar-refractivity contribution in [1.82, 2.24) is 0 Å². The van der Waals surface area contributed by atoms with Gasteiger partial charge >= 0.3 is 0 Å². The van der Waals surface area contributed by atoms with Crippen LogP contribution in [0, 0.1) is 29.6 Å². The molecule has 0 unspecified atom stereocenters. The molecule has 4 aliphatic carbocycles. The van der Waals surface area contributed by atoms with Crippen molar-refractivity contribution in [3.63, 3.8) is 0 Å². The lowest BCUT2D eigenvalue weighted by Crippen LogP contribution is -2.59. The summed E-state index contributed by atoms with van der Waals surface area (Å²) in [5, 5.41) is 0. The van der Waals surface area contributed by atoms with Crippen molar-refractivity contribution < 1.29 is 9.47 Å². The Morgan fingerprint density at radius 3 is 1.76 bits per heavy atom. The highest BCUT2D eigenvalue weighted by Gasteiger charge is 2.56. The highest BCUT2D eigenvalue weighted by Crippen LogP contribution is 2.59. The molecule has 4 saturated carbocycles. The molecule has 0 amide bonds. The van der Waals surface area contributed by atoms with Gasteiger partial charge in [-0.15, -0.1) is 0 Å². The summed E-state index contributed by atoms with van der Waals surface area (Å²) >= 11 is 0. The molecule has 0 saturated heterocycles. The molecule has 3 heteroatoms. The van der Waals surface area contributed by atoms with Crippen LogP contribution in [-0.2, 0) is 9.47 Å². The summed E-state index contributed by atoms with van der Waals surface area (Å²) in [6, 6.07) is 0. The molecule has 4 bridgehead atoms. The van der Waals surface area contributed by atoms with Gasteiger partial charge in [-0.1, -0.05) is 0 Å². The van der Waals surface area contributed by atoms with Crippen molar-refractivity contribution in [2.24, 2.45) is 35.3 Å². The summed E-state index contributed by atoms with van der Waals surface area (Å²) in [6.45, 7) is 0.479. The van der Waals surface area contributed by atoms with Crippen LogP contribution in [0.2, 0.25) is 0 Å². The van der Waals surface area contributed by atoms with Crippen LogP contribution >= 0.6 is 0 Å². The summed E-state index contributed by atoms with van der Waals surface area (Å²) in [7, 11) is 3.50. The lowest BCUT2D eigenvalue weighted by Gasteiger charge is -2.58. The molecule has 0 heterocycles. The Balaban J connectivity index is 1.87. The minimum Gasteiger partial charge on any atom is -0.352 e. The van der Waals surface area contributed by atoms with E-state index in [1.807, 2.05) is 0 Å². The van der Waals surface area contributed by atoms with Crippen molar-refractivity contribution in [1.29, 1.82) is 0 Å². The van der Waals surface area contributed by atoms with Crippen LogP contribution in [0.3, 0.4) is 0 Å². The van der Waals surface area contributed by atoms with E-state index in [9.17, 15) is 0 Å². The Kier molecular flexibility index (Phi) is 2.96. The van der Waals surface area contributed by atoms with Crippen LogP contribution in [0.25, 0.3) is 0 Å². The van der Waals surface area contributed by atoms with Crippen LogP contribution in [0.5, 0.6) is 0 Å². The van der Waals surface area contributed by atoms with Crippen LogP contribution in [-0.4, -0.2) is 26.6 Å². The predicted molar refractivity (Wildman–Crippen MR) is 66.3 cm³/mol. The van der Waals surface area contributed by atoms with E-state index in [4.69, 9.17) is 15.2 Å². The van der Waals surface area contributed by atoms with E-state index in [1.165, 1.54) is 32.1 Å². The Bertz CT molecular complexity index is 252. The van der Waals surface area contributed by atoms with Crippen molar-refractivity contribution in [2.75, 3.05) is 20.8 Å². The number of hydrogen-bond acceptors (Lipinski definition) is 3. The first kappa shape index (κ1) is 11.9. The van der Waals surface area contributed by atoms with Gasteiger partial charge in [0.1, 0.15) is 0 Å². The first-order chi connectivity index (χ1) is 8.22. The van der Waals surface area contributed by atoms with Crippen LogP contribution in [0.4, 0.5) is 0 Å². The zero-order valence-corrected chi connectivity index (χ0v) is 11.0. The van der Waals surface area contributed by atoms with Gasteiger partial charge in [0.2, 0.25) is 0 Å². The van der Waals surface area contributed by atoms with Gasteiger partial charge in [0.05, 0.1) is 0 Å². The average molecular weight is 239 g/mol. The summed E-state index contributed by atoms with van der Waals surface area (Å²) < 4.78 is 11.4. The molecule has 0 aromatic rings. The molecule has 4 fully saturated rings. The van der Waals surface area contributed by atoms with E-state index in [1.54, 1.807) is 14.2 Å². The minimum absolute atomic E-state index is 0.479. The smallest absolute Gasteiger partial charge is 0.183 e. The maximum atomic E-state index is 5.96. The van der Waals surface area contributed by atoms with Crippen LogP contribution < -0.4 is 5.73 Å². The van der Waals surface area contributed by atoms with E-state index in [2.05, 4.69) is 0 Å². The maximum absolute atomic E-state index is 5.96. The third-order valence-electron chi connectivity index (χ3n) is 5.71. The quantitative estimate of drug-likeness (QED) is 0.763. The van der Waals surface area contributed by atoms with Crippen molar-refractivity contribution in [2.45, 2.75) is 37.9 Å². The van der Waals surface area contributed by atoms with Gasteiger partial charge in [0.15, 0.2) is 5.79 Å². The van der Waals surface area contributed by atoms with Gasteiger partial charge in [-0.25, -0.2) is 0 Å². The van der Waals surface area contributed by atoms with Crippen LogP contribution in [0.15, 0.2) is 0 Å². The zero-order valence-electron chi connectivity index (χ0n) is 11.0. The number of rotatable bonds is 4. The molecular formula is C14H25NO2. The van der Waals surface area contributed by atoms with Crippen molar-refractivity contribution >= 4 is 0 Å². The van der Waals surface area contributed by atoms with E-state index < -0.39 is 5.79 Å². The molecule has 0 atom stereocenters. The Morgan fingerprint density at radius 2 is 1.41 bits per heavy atom. The lowest BCUT2D eigenvalue weighted by molar-refractivity contribution is -0.276. The number of methoxy groups -OCH3 is 2. The van der Waals surface area contributed by atoms with E-state index in [-0.39, 0.29) is 0 Å². The van der Waals surface area contributed by atoms with Crippen molar-refractivity contribution in [3.05, 3.63) is 0 Å². The minimum atomic E-state index is -0.525. The summed E-state index contributed by atoms with van der Waals surface area (Å²) in [5.41, 5.74) is 5.96. The Morgan fingerprint density at radius 1 is 0.941 bits per heavy atom. The molecule has 0 aromatic heterocycles. The third kappa shape index (κ3) is 1.66. The lowest BCUT2D eigenvalue weighted by atomic mass is 9.50. The standard InChI is InChI=1S/C14H25NO2/c1-16-14(8-15,17-2)13-11-4-9-3-10(6-11)7-12(13)5-9/h9-13H,3-8,15H2,1-2H3. The van der Waals surface area contributed by atoms with Gasteiger partial charge in [-0.05, 0) is 55.8 Å². The Hall–Kier alpha value is -0.120. The molecule has 0 spiro atoms. The highest BCUT2D eigenvalue weighted by molar-refractivity contribution is 5.03. The molecular weight excluding hydrogens is 214 g/mol. The number of nitrogens with two attached hydrogens (primary N) is 1. The molecule has 4 rings (SSSR count). The first-order valence-corrected chi connectivity index (χ1v) is 7.02. The molecule has 0 radical (unpaired) electrons. The largest absolute Gasteiger partial charge is 0.352 e. The summed E-state index contributed by atoms with van der Waals surface area (Å²) in [4.78, 5) is 0. The van der Waals surface area contributed by atoms with E-state index in [0.29, 0.717) is 12.5 Å². The second kappa shape index (κ2) is 4.22. The van der Waals surface area contributed by atoms with Gasteiger partial charge in [-0.2, -0.15) is 0 Å². The molecule has 2 N–H and O–H groups in total. The molecule has 4 aliphatic rings. The monoisotopic (exact) mass is 239 g/mol. The second-order valence-corrected chi connectivity index (χ2v) is 6.38. The molecule has 98 valence electrons. The number of ether oxygens (including phenoxy) is 2. The van der Waals surface area contributed by atoms with Gasteiger partial charge in [-0.3, -0.25) is 0 Å². The van der Waals surface area contributed by atoms with E-state index >= 15 is 0 Å². The normalized spacial score (nSPS) is 44.3. The Labute approximate surface area is 104 Å².